The first-order valence-electron chi connectivity index (χ1n) is 13.2. The third kappa shape index (κ3) is 7.01. The number of esters is 1. The number of halogens is 3. The van der Waals surface area contributed by atoms with Crippen LogP contribution in [0.2, 0.25) is 0 Å². The highest BCUT2D eigenvalue weighted by Crippen LogP contribution is 2.40. The maximum Gasteiger partial charge on any atom is 0.303 e. The lowest BCUT2D eigenvalue weighted by atomic mass is 9.85. The van der Waals surface area contributed by atoms with E-state index >= 15 is 0 Å². The molecule has 11 unspecified atom stereocenters. The van der Waals surface area contributed by atoms with Gasteiger partial charge < -0.3 is 33.7 Å². The van der Waals surface area contributed by atoms with Crippen molar-refractivity contribution in [3.8, 4) is 0 Å². The molecule has 0 aromatic heterocycles. The van der Waals surface area contributed by atoms with Gasteiger partial charge >= 0.3 is 5.97 Å². The van der Waals surface area contributed by atoms with Crippen LogP contribution >= 0.6 is 34.8 Å². The van der Waals surface area contributed by atoms with E-state index in [1.807, 2.05) is 58.0 Å². The van der Waals surface area contributed by atoms with Crippen LogP contribution in [0.1, 0.15) is 52.9 Å². The Morgan fingerprint density at radius 2 is 1.72 bits per heavy atom. The van der Waals surface area contributed by atoms with Crippen molar-refractivity contribution in [2.75, 3.05) is 6.61 Å². The summed E-state index contributed by atoms with van der Waals surface area (Å²) >= 11 is 17.7. The first kappa shape index (κ1) is 30.8. The Morgan fingerprint density at radius 1 is 1.03 bits per heavy atom. The third-order valence-corrected chi connectivity index (χ3v) is 8.14. The zero-order chi connectivity index (χ0) is 28.5. The highest BCUT2D eigenvalue weighted by Gasteiger charge is 2.52. The molecule has 0 saturated carbocycles. The molecule has 3 saturated heterocycles. The Kier molecular flexibility index (Phi) is 10.1. The van der Waals surface area contributed by atoms with Crippen LogP contribution < -0.4 is 5.32 Å². The number of fused-ring (bicyclic) bond motifs is 1. The van der Waals surface area contributed by atoms with Crippen LogP contribution in [0.3, 0.4) is 0 Å². The van der Waals surface area contributed by atoms with E-state index in [0.29, 0.717) is 6.42 Å². The summed E-state index contributed by atoms with van der Waals surface area (Å²) in [6.07, 6.45) is -3.48. The van der Waals surface area contributed by atoms with Gasteiger partial charge in [-0.3, -0.25) is 9.59 Å². The number of carbonyl (C=O) groups is 2. The average Bonchev–Trinajstić information content (AvgIpc) is 2.89. The van der Waals surface area contributed by atoms with Crippen LogP contribution in [0.5, 0.6) is 0 Å². The first-order chi connectivity index (χ1) is 18.4. The van der Waals surface area contributed by atoms with Gasteiger partial charge in [0.2, 0.25) is 0 Å². The number of amides is 1. The summed E-state index contributed by atoms with van der Waals surface area (Å²) < 4.78 is 34.8. The molecule has 3 fully saturated rings. The second kappa shape index (κ2) is 12.8. The van der Waals surface area contributed by atoms with Crippen molar-refractivity contribution in [2.45, 2.75) is 100 Å². The number of carbonyl (C=O) groups excluding carboxylic acids is 2. The summed E-state index contributed by atoms with van der Waals surface area (Å²) in [4.78, 5) is 24.6. The van der Waals surface area contributed by atoms with E-state index in [1.54, 1.807) is 0 Å². The molecule has 0 spiro atoms. The number of ether oxygens (including phenoxy) is 6. The van der Waals surface area contributed by atoms with Gasteiger partial charge in [0.25, 0.3) is 9.70 Å². The SMILES string of the molecule is CCC1OC(C)C(OC(C)=O)C(C)C1OC1OC2COC(c3ccccc3)OC2C(C)C1NC(=O)C(Cl)(Cl)Cl. The summed E-state index contributed by atoms with van der Waals surface area (Å²) in [5, 5.41) is 2.80. The molecule has 3 aliphatic heterocycles. The number of benzene rings is 1. The van der Waals surface area contributed by atoms with Crippen molar-refractivity contribution in [1.29, 1.82) is 0 Å². The molecule has 0 bridgehead atoms. The topological polar surface area (TPSA) is 102 Å². The maximum atomic E-state index is 12.8. The van der Waals surface area contributed by atoms with E-state index in [4.69, 9.17) is 63.2 Å². The summed E-state index contributed by atoms with van der Waals surface area (Å²) in [7, 11) is 0. The minimum atomic E-state index is -2.19. The molecule has 12 heteroatoms. The number of nitrogens with one attached hydrogen (secondary N) is 1. The van der Waals surface area contributed by atoms with Crippen LogP contribution in [0.15, 0.2) is 30.3 Å². The minimum Gasteiger partial charge on any atom is -0.459 e. The van der Waals surface area contributed by atoms with Crippen molar-refractivity contribution in [3.63, 3.8) is 0 Å². The van der Waals surface area contributed by atoms with Crippen molar-refractivity contribution < 1.29 is 38.0 Å². The van der Waals surface area contributed by atoms with Gasteiger partial charge in [0.05, 0.1) is 37.1 Å². The van der Waals surface area contributed by atoms with Gasteiger partial charge in [0.15, 0.2) is 12.6 Å². The maximum absolute atomic E-state index is 12.8. The van der Waals surface area contributed by atoms with E-state index < -0.39 is 58.7 Å². The largest absolute Gasteiger partial charge is 0.459 e. The molecule has 1 N–H and O–H groups in total. The fourth-order valence-corrected chi connectivity index (χ4v) is 5.81. The van der Waals surface area contributed by atoms with Crippen molar-refractivity contribution >= 4 is 46.7 Å². The number of hydrogen-bond acceptors (Lipinski definition) is 8. The molecule has 1 amide bonds. The Labute approximate surface area is 244 Å². The Morgan fingerprint density at radius 3 is 2.33 bits per heavy atom. The summed E-state index contributed by atoms with van der Waals surface area (Å²) in [5.41, 5.74) is 0.869. The van der Waals surface area contributed by atoms with E-state index in [-0.39, 0.29) is 30.7 Å². The van der Waals surface area contributed by atoms with Gasteiger partial charge in [-0.05, 0) is 13.3 Å². The van der Waals surface area contributed by atoms with Gasteiger partial charge in [-0.2, -0.15) is 0 Å². The number of alkyl halides is 3. The zero-order valence-electron chi connectivity index (χ0n) is 22.6. The Hall–Kier alpha value is -1.17. The molecule has 3 heterocycles. The molecule has 3 aliphatic rings. The normalized spacial score (nSPS) is 38.9. The fraction of sp³-hybridized carbons (Fsp3) is 0.704. The monoisotopic (exact) mass is 607 g/mol. The van der Waals surface area contributed by atoms with Gasteiger partial charge in [0.1, 0.15) is 12.2 Å². The van der Waals surface area contributed by atoms with E-state index in [2.05, 4.69) is 5.32 Å². The third-order valence-electron chi connectivity index (χ3n) is 7.62. The van der Waals surface area contributed by atoms with Crippen LogP contribution in [-0.2, 0) is 38.0 Å². The lowest BCUT2D eigenvalue weighted by molar-refractivity contribution is -0.352. The highest BCUT2D eigenvalue weighted by atomic mass is 35.6. The molecule has 1 aromatic carbocycles. The molecular formula is C27H36Cl3NO8. The summed E-state index contributed by atoms with van der Waals surface area (Å²) in [6, 6.07) is 8.83. The predicted octanol–water partition coefficient (Wildman–Crippen LogP) is 4.47. The summed E-state index contributed by atoms with van der Waals surface area (Å²) in [5.74, 6) is -1.76. The Balaban J connectivity index is 1.59. The molecule has 4 rings (SSSR count). The average molecular weight is 609 g/mol. The van der Waals surface area contributed by atoms with Crippen LogP contribution in [0.25, 0.3) is 0 Å². The molecule has 0 radical (unpaired) electrons. The second-order valence-electron chi connectivity index (χ2n) is 10.4. The van der Waals surface area contributed by atoms with Gasteiger partial charge in [-0.25, -0.2) is 0 Å². The van der Waals surface area contributed by atoms with Crippen LogP contribution in [-0.4, -0.2) is 71.2 Å². The lowest BCUT2D eigenvalue weighted by Crippen LogP contribution is -2.66. The lowest BCUT2D eigenvalue weighted by Gasteiger charge is -2.51. The van der Waals surface area contributed by atoms with Gasteiger partial charge in [-0.1, -0.05) is 85.9 Å². The standard InChI is InChI=1S/C27H36Cl3NO8/c1-6-18-23(14(3)21(15(4)35-18)36-16(5)32)39-25-20(31-26(33)27(28,29)30)13(2)22-19(37-25)12-34-24(38-22)17-10-8-7-9-11-17/h7-11,13-15,18-25H,6,12H2,1-5H3,(H,31,33). The predicted molar refractivity (Wildman–Crippen MR) is 144 cm³/mol. The Bertz CT molecular complexity index is 995. The number of rotatable bonds is 6. The van der Waals surface area contributed by atoms with Crippen LogP contribution in [0, 0.1) is 11.8 Å². The van der Waals surface area contributed by atoms with Crippen molar-refractivity contribution in [3.05, 3.63) is 35.9 Å². The van der Waals surface area contributed by atoms with E-state index in [0.717, 1.165) is 5.56 Å². The summed E-state index contributed by atoms with van der Waals surface area (Å²) in [6.45, 7) is 9.34. The van der Waals surface area contributed by atoms with E-state index in [1.165, 1.54) is 6.92 Å². The zero-order valence-corrected chi connectivity index (χ0v) is 24.8. The first-order valence-corrected chi connectivity index (χ1v) is 14.4. The molecule has 0 aliphatic carbocycles. The van der Waals surface area contributed by atoms with Gasteiger partial charge in [-0.15, -0.1) is 0 Å². The minimum absolute atomic E-state index is 0.231. The molecule has 1 aromatic rings. The molecule has 218 valence electrons. The molecule has 39 heavy (non-hydrogen) atoms. The van der Waals surface area contributed by atoms with Crippen molar-refractivity contribution in [2.24, 2.45) is 11.8 Å². The number of hydrogen-bond donors (Lipinski definition) is 1. The smallest absolute Gasteiger partial charge is 0.303 e. The fourth-order valence-electron chi connectivity index (χ4n) is 5.64. The van der Waals surface area contributed by atoms with Gasteiger partial charge in [0, 0.05) is 24.3 Å². The van der Waals surface area contributed by atoms with Crippen molar-refractivity contribution in [1.82, 2.24) is 5.32 Å². The van der Waals surface area contributed by atoms with Crippen LogP contribution in [0.4, 0.5) is 0 Å². The highest BCUT2D eigenvalue weighted by molar-refractivity contribution is 6.76. The molecule has 9 nitrogen and oxygen atoms in total. The molecular weight excluding hydrogens is 573 g/mol. The second-order valence-corrected chi connectivity index (χ2v) is 12.7. The quantitative estimate of drug-likeness (QED) is 0.373. The van der Waals surface area contributed by atoms with E-state index in [9.17, 15) is 9.59 Å². The molecule has 11 atom stereocenters.